The zero-order valence-corrected chi connectivity index (χ0v) is 15.9. The van der Waals surface area contributed by atoms with E-state index < -0.39 is 29.8 Å². The van der Waals surface area contributed by atoms with Crippen molar-refractivity contribution in [2.24, 2.45) is 11.8 Å². The van der Waals surface area contributed by atoms with Crippen molar-refractivity contribution in [3.05, 3.63) is 11.9 Å². The first kappa shape index (κ1) is 18.9. The zero-order valence-electron chi connectivity index (χ0n) is 15.9. The molecule has 9 heteroatoms. The summed E-state index contributed by atoms with van der Waals surface area (Å²) in [7, 11) is 0. The summed E-state index contributed by atoms with van der Waals surface area (Å²) in [5.41, 5.74) is 0.479. The standard InChI is InChI=1S/C19H26N4O5/c1-2-23-9-11(16(22-23)18(25)20-10-5-3-4-6-10)21-17(24)14-12-7-8-13(28-12)15(14)19(26)27/h9-10,12-15H,2-8H2,1H3,(H,20,25)(H,21,24)(H,26,27)/t12-,13-,14+,15-/m1/s1. The second-order valence-corrected chi connectivity index (χ2v) is 7.87. The number of aromatic nitrogens is 2. The lowest BCUT2D eigenvalue weighted by molar-refractivity contribution is -0.147. The molecule has 3 aliphatic rings. The maximum absolute atomic E-state index is 12.9. The van der Waals surface area contributed by atoms with Crippen molar-refractivity contribution in [1.29, 1.82) is 0 Å². The molecule has 2 saturated heterocycles. The fourth-order valence-corrected chi connectivity index (χ4v) is 4.71. The normalized spacial score (nSPS) is 29.2. The van der Waals surface area contributed by atoms with Gasteiger partial charge in [0, 0.05) is 18.8 Å². The van der Waals surface area contributed by atoms with Crippen LogP contribution in [0.1, 0.15) is 55.9 Å². The van der Waals surface area contributed by atoms with Gasteiger partial charge in [0.1, 0.15) is 0 Å². The molecule has 2 aliphatic heterocycles. The Hall–Kier alpha value is -2.42. The van der Waals surface area contributed by atoms with Crippen LogP contribution in [0.4, 0.5) is 5.69 Å². The quantitative estimate of drug-likeness (QED) is 0.675. The minimum Gasteiger partial charge on any atom is -0.481 e. The van der Waals surface area contributed by atoms with E-state index in [1.165, 1.54) is 0 Å². The van der Waals surface area contributed by atoms with Gasteiger partial charge in [-0.2, -0.15) is 5.10 Å². The highest BCUT2D eigenvalue weighted by atomic mass is 16.5. The van der Waals surface area contributed by atoms with E-state index in [4.69, 9.17) is 4.74 Å². The Bertz CT molecular complexity index is 785. The minimum atomic E-state index is -1.02. The maximum atomic E-state index is 12.9. The summed E-state index contributed by atoms with van der Waals surface area (Å²) in [6.07, 6.45) is 6.24. The van der Waals surface area contributed by atoms with Crippen molar-refractivity contribution in [2.45, 2.75) is 70.2 Å². The number of carboxylic acid groups (broad SMARTS) is 1. The number of nitrogens with one attached hydrogen (secondary N) is 2. The van der Waals surface area contributed by atoms with Crippen LogP contribution in [0, 0.1) is 11.8 Å². The number of carboxylic acids is 1. The van der Waals surface area contributed by atoms with Crippen LogP contribution in [-0.4, -0.2) is 50.9 Å². The molecule has 0 radical (unpaired) electrons. The first-order valence-corrected chi connectivity index (χ1v) is 10.1. The predicted octanol–water partition coefficient (Wildman–Crippen LogP) is 1.39. The SMILES string of the molecule is CCn1cc(NC(=O)[C@@H]2[C@H](C(=O)O)[C@H]3CC[C@H]2O3)c(C(=O)NC2CCCC2)n1. The van der Waals surface area contributed by atoms with Crippen LogP contribution >= 0.6 is 0 Å². The molecular formula is C19H26N4O5. The molecule has 3 fully saturated rings. The minimum absolute atomic E-state index is 0.137. The summed E-state index contributed by atoms with van der Waals surface area (Å²) in [5.74, 6) is -3.36. The number of rotatable bonds is 6. The average molecular weight is 390 g/mol. The monoisotopic (exact) mass is 390 g/mol. The Balaban J connectivity index is 1.52. The lowest BCUT2D eigenvalue weighted by Gasteiger charge is -2.23. The molecule has 1 aromatic rings. The largest absolute Gasteiger partial charge is 0.481 e. The summed E-state index contributed by atoms with van der Waals surface area (Å²) in [5, 5.41) is 19.6. The number of hydrogen-bond donors (Lipinski definition) is 3. The van der Waals surface area contributed by atoms with Gasteiger partial charge in [0.05, 0.1) is 29.7 Å². The van der Waals surface area contributed by atoms with Gasteiger partial charge in [-0.1, -0.05) is 12.8 Å². The number of anilines is 1. The van der Waals surface area contributed by atoms with Crippen molar-refractivity contribution in [2.75, 3.05) is 5.32 Å². The van der Waals surface area contributed by atoms with Gasteiger partial charge >= 0.3 is 5.97 Å². The topological polar surface area (TPSA) is 123 Å². The smallest absolute Gasteiger partial charge is 0.310 e. The number of fused-ring (bicyclic) bond motifs is 2. The average Bonchev–Trinajstić information content (AvgIpc) is 3.44. The Labute approximate surface area is 162 Å². The molecule has 3 N–H and O–H groups in total. The van der Waals surface area contributed by atoms with E-state index >= 15 is 0 Å². The van der Waals surface area contributed by atoms with E-state index in [1.54, 1.807) is 10.9 Å². The van der Waals surface area contributed by atoms with Crippen LogP contribution in [0.3, 0.4) is 0 Å². The number of carbonyl (C=O) groups is 3. The van der Waals surface area contributed by atoms with Crippen LogP contribution in [0.5, 0.6) is 0 Å². The van der Waals surface area contributed by atoms with Crippen LogP contribution in [0.15, 0.2) is 6.20 Å². The molecule has 4 rings (SSSR count). The van der Waals surface area contributed by atoms with Gasteiger partial charge in [-0.3, -0.25) is 19.1 Å². The van der Waals surface area contributed by atoms with Crippen molar-refractivity contribution in [3.8, 4) is 0 Å². The zero-order chi connectivity index (χ0) is 19.8. The molecule has 2 amide bonds. The van der Waals surface area contributed by atoms with Gasteiger partial charge in [0.2, 0.25) is 5.91 Å². The molecule has 28 heavy (non-hydrogen) atoms. The number of aliphatic carboxylic acids is 1. The van der Waals surface area contributed by atoms with Crippen molar-refractivity contribution in [3.63, 3.8) is 0 Å². The molecule has 0 aromatic carbocycles. The fourth-order valence-electron chi connectivity index (χ4n) is 4.71. The van der Waals surface area contributed by atoms with Gasteiger partial charge in [0.15, 0.2) is 5.69 Å². The summed E-state index contributed by atoms with van der Waals surface area (Å²) in [6.45, 7) is 2.44. The summed E-state index contributed by atoms with van der Waals surface area (Å²) >= 11 is 0. The van der Waals surface area contributed by atoms with Gasteiger partial charge < -0.3 is 20.5 Å². The Morgan fingerprint density at radius 3 is 2.50 bits per heavy atom. The molecule has 9 nitrogen and oxygen atoms in total. The number of ether oxygens (including phenoxy) is 1. The number of aryl methyl sites for hydroxylation is 1. The molecule has 1 saturated carbocycles. The summed E-state index contributed by atoms with van der Waals surface area (Å²) in [6, 6.07) is 0.137. The third-order valence-corrected chi connectivity index (χ3v) is 6.11. The van der Waals surface area contributed by atoms with E-state index in [0.29, 0.717) is 25.1 Å². The first-order valence-electron chi connectivity index (χ1n) is 10.1. The van der Waals surface area contributed by atoms with E-state index in [-0.39, 0.29) is 23.7 Å². The number of amides is 2. The third-order valence-electron chi connectivity index (χ3n) is 6.11. The third kappa shape index (κ3) is 3.39. The molecule has 0 unspecified atom stereocenters. The highest BCUT2D eigenvalue weighted by molar-refractivity contribution is 6.03. The second kappa shape index (κ2) is 7.54. The van der Waals surface area contributed by atoms with Crippen LogP contribution in [0.2, 0.25) is 0 Å². The lowest BCUT2D eigenvalue weighted by atomic mass is 9.78. The molecule has 1 aliphatic carbocycles. The maximum Gasteiger partial charge on any atom is 0.310 e. The van der Waals surface area contributed by atoms with Gasteiger partial charge in [-0.05, 0) is 32.6 Å². The number of carbonyl (C=O) groups excluding carboxylic acids is 2. The van der Waals surface area contributed by atoms with Crippen LogP contribution < -0.4 is 10.6 Å². The molecule has 3 heterocycles. The number of nitrogens with zero attached hydrogens (tertiary/aromatic N) is 2. The summed E-state index contributed by atoms with van der Waals surface area (Å²) < 4.78 is 7.26. The Kier molecular flexibility index (Phi) is 5.09. The van der Waals surface area contributed by atoms with E-state index in [9.17, 15) is 19.5 Å². The van der Waals surface area contributed by atoms with Gasteiger partial charge in [-0.15, -0.1) is 0 Å². The van der Waals surface area contributed by atoms with Crippen LogP contribution in [-0.2, 0) is 20.9 Å². The molecule has 4 atom stereocenters. The molecular weight excluding hydrogens is 364 g/mol. The van der Waals surface area contributed by atoms with Gasteiger partial charge in [0.25, 0.3) is 5.91 Å². The first-order chi connectivity index (χ1) is 13.5. The van der Waals surface area contributed by atoms with Gasteiger partial charge in [-0.25, -0.2) is 0 Å². The number of hydrogen-bond acceptors (Lipinski definition) is 5. The van der Waals surface area contributed by atoms with E-state index in [1.807, 2.05) is 6.92 Å². The second-order valence-electron chi connectivity index (χ2n) is 7.87. The lowest BCUT2D eigenvalue weighted by Crippen LogP contribution is -2.41. The highest BCUT2D eigenvalue weighted by Gasteiger charge is 2.55. The molecule has 152 valence electrons. The van der Waals surface area contributed by atoms with E-state index in [0.717, 1.165) is 25.7 Å². The molecule has 2 bridgehead atoms. The highest BCUT2D eigenvalue weighted by Crippen LogP contribution is 2.44. The van der Waals surface area contributed by atoms with E-state index in [2.05, 4.69) is 15.7 Å². The Morgan fingerprint density at radius 1 is 1.18 bits per heavy atom. The fraction of sp³-hybridized carbons (Fsp3) is 0.684. The van der Waals surface area contributed by atoms with Crippen LogP contribution in [0.25, 0.3) is 0 Å². The summed E-state index contributed by atoms with van der Waals surface area (Å²) in [4.78, 5) is 37.2. The Morgan fingerprint density at radius 2 is 1.86 bits per heavy atom. The van der Waals surface area contributed by atoms with Crippen molar-refractivity contribution < 1.29 is 24.2 Å². The van der Waals surface area contributed by atoms with Crippen molar-refractivity contribution >= 4 is 23.5 Å². The predicted molar refractivity (Wildman–Crippen MR) is 98.8 cm³/mol. The van der Waals surface area contributed by atoms with Crippen molar-refractivity contribution in [1.82, 2.24) is 15.1 Å². The molecule has 1 aromatic heterocycles. The molecule has 0 spiro atoms.